The highest BCUT2D eigenvalue weighted by atomic mass is 35.5. The van der Waals surface area contributed by atoms with Gasteiger partial charge in [-0.3, -0.25) is 10.1 Å². The Kier molecular flexibility index (Phi) is 6.08. The van der Waals surface area contributed by atoms with Crippen LogP contribution >= 0.6 is 35.2 Å². The minimum atomic E-state index is -0.425. The molecule has 1 amide bonds. The molecule has 7 nitrogen and oxygen atoms in total. The van der Waals surface area contributed by atoms with Crippen LogP contribution in [0.5, 0.6) is 5.75 Å². The van der Waals surface area contributed by atoms with Gasteiger partial charge in [0.2, 0.25) is 0 Å². The van der Waals surface area contributed by atoms with E-state index in [-0.39, 0.29) is 5.11 Å². The van der Waals surface area contributed by atoms with Crippen LogP contribution < -0.4 is 15.4 Å². The Morgan fingerprint density at radius 1 is 1.14 bits per heavy atom. The molecule has 10 heteroatoms. The summed E-state index contributed by atoms with van der Waals surface area (Å²) in [5, 5.41) is 6.32. The van der Waals surface area contributed by atoms with Gasteiger partial charge in [0.05, 0.1) is 35.0 Å². The van der Waals surface area contributed by atoms with Crippen LogP contribution in [0.2, 0.25) is 5.02 Å². The van der Waals surface area contributed by atoms with Gasteiger partial charge in [0.15, 0.2) is 10.2 Å². The van der Waals surface area contributed by atoms with E-state index in [9.17, 15) is 9.59 Å². The van der Waals surface area contributed by atoms with Crippen molar-refractivity contribution >= 4 is 67.5 Å². The van der Waals surface area contributed by atoms with E-state index >= 15 is 0 Å². The van der Waals surface area contributed by atoms with Gasteiger partial charge in [-0.15, -0.1) is 0 Å². The van der Waals surface area contributed by atoms with Gasteiger partial charge in [-0.05, 0) is 48.6 Å². The lowest BCUT2D eigenvalue weighted by Crippen LogP contribution is -2.34. The predicted octanol–water partition coefficient (Wildman–Crippen LogP) is 3.87. The number of methoxy groups -OCH3 is 2. The van der Waals surface area contributed by atoms with E-state index < -0.39 is 11.9 Å². The standard InChI is InChI=1S/C18H14ClN3O4S2/c1-25-13-6-4-9(7-11(13)19)15(23)21-17(27)22-18-20-12-5-3-10(16(24)26-2)8-14(12)28-18/h3-8H,1-2H3,(H2,20,21,22,23,27). The maximum atomic E-state index is 12.3. The Morgan fingerprint density at radius 2 is 1.89 bits per heavy atom. The fourth-order valence-corrected chi connectivity index (χ4v) is 3.76. The zero-order valence-corrected chi connectivity index (χ0v) is 17.1. The third-order valence-electron chi connectivity index (χ3n) is 3.67. The van der Waals surface area contributed by atoms with Crippen LogP contribution in [0.4, 0.5) is 5.13 Å². The Labute approximate surface area is 174 Å². The Balaban J connectivity index is 1.69. The molecule has 1 heterocycles. The van der Waals surface area contributed by atoms with Crippen molar-refractivity contribution in [3.8, 4) is 5.75 Å². The summed E-state index contributed by atoms with van der Waals surface area (Å²) in [6, 6.07) is 9.69. The largest absolute Gasteiger partial charge is 0.495 e. The van der Waals surface area contributed by atoms with Crippen molar-refractivity contribution in [2.45, 2.75) is 0 Å². The van der Waals surface area contributed by atoms with Crippen LogP contribution in [0.3, 0.4) is 0 Å². The average Bonchev–Trinajstić information content (AvgIpc) is 3.08. The highest BCUT2D eigenvalue weighted by molar-refractivity contribution is 7.80. The van der Waals surface area contributed by atoms with Gasteiger partial charge in [-0.1, -0.05) is 22.9 Å². The van der Waals surface area contributed by atoms with Crippen molar-refractivity contribution < 1.29 is 19.1 Å². The number of esters is 1. The van der Waals surface area contributed by atoms with Gasteiger partial charge in [-0.25, -0.2) is 9.78 Å². The summed E-state index contributed by atoms with van der Waals surface area (Å²) in [7, 11) is 2.81. The number of hydrogen-bond donors (Lipinski definition) is 2. The van der Waals surface area contributed by atoms with Gasteiger partial charge >= 0.3 is 5.97 Å². The number of carbonyl (C=O) groups is 2. The molecule has 0 fully saturated rings. The van der Waals surface area contributed by atoms with E-state index in [4.69, 9.17) is 33.3 Å². The second-order valence-electron chi connectivity index (χ2n) is 5.45. The fourth-order valence-electron chi connectivity index (χ4n) is 2.33. The Morgan fingerprint density at radius 3 is 2.57 bits per heavy atom. The normalized spacial score (nSPS) is 10.4. The van der Waals surface area contributed by atoms with Crippen molar-refractivity contribution in [2.75, 3.05) is 19.5 Å². The lowest BCUT2D eigenvalue weighted by atomic mass is 10.2. The van der Waals surface area contributed by atoms with Gasteiger partial charge in [0.1, 0.15) is 5.75 Å². The molecule has 0 spiro atoms. The molecule has 3 rings (SSSR count). The van der Waals surface area contributed by atoms with Crippen LogP contribution in [-0.4, -0.2) is 36.2 Å². The van der Waals surface area contributed by atoms with Gasteiger partial charge in [0.25, 0.3) is 5.91 Å². The molecule has 28 heavy (non-hydrogen) atoms. The van der Waals surface area contributed by atoms with E-state index in [1.54, 1.807) is 30.3 Å². The zero-order chi connectivity index (χ0) is 20.3. The smallest absolute Gasteiger partial charge is 0.337 e. The third-order valence-corrected chi connectivity index (χ3v) is 5.10. The maximum absolute atomic E-state index is 12.3. The summed E-state index contributed by atoms with van der Waals surface area (Å²) in [4.78, 5) is 28.3. The van der Waals surface area contributed by atoms with E-state index in [0.717, 1.165) is 4.70 Å². The third kappa shape index (κ3) is 4.38. The number of amides is 1. The molecular formula is C18H14ClN3O4S2. The zero-order valence-electron chi connectivity index (χ0n) is 14.7. The summed E-state index contributed by atoms with van der Waals surface area (Å²) < 4.78 is 10.5. The molecule has 144 valence electrons. The molecule has 0 bridgehead atoms. The number of fused-ring (bicyclic) bond motifs is 1. The number of ether oxygens (including phenoxy) is 2. The monoisotopic (exact) mass is 435 g/mol. The quantitative estimate of drug-likeness (QED) is 0.475. The molecule has 0 saturated carbocycles. The van der Waals surface area contributed by atoms with Gasteiger partial charge in [-0.2, -0.15) is 0 Å². The first-order valence-corrected chi connectivity index (χ1v) is 9.46. The molecular weight excluding hydrogens is 422 g/mol. The minimum absolute atomic E-state index is 0.0872. The van der Waals surface area contributed by atoms with E-state index in [0.29, 0.717) is 32.5 Å². The van der Waals surface area contributed by atoms with Gasteiger partial charge in [0, 0.05) is 5.56 Å². The molecule has 3 aromatic rings. The summed E-state index contributed by atoms with van der Waals surface area (Å²) in [6.45, 7) is 0. The molecule has 0 aliphatic carbocycles. The van der Waals surface area contributed by atoms with Crippen LogP contribution in [-0.2, 0) is 4.74 Å². The lowest BCUT2D eigenvalue weighted by molar-refractivity contribution is 0.0600. The number of aromatic nitrogens is 1. The Bertz CT molecular complexity index is 1080. The first-order valence-electron chi connectivity index (χ1n) is 7.86. The average molecular weight is 436 g/mol. The van der Waals surface area contributed by atoms with Crippen LogP contribution in [0.25, 0.3) is 10.2 Å². The number of thiazole rings is 1. The number of benzene rings is 2. The first kappa shape index (κ1) is 20.0. The number of halogens is 1. The van der Waals surface area contributed by atoms with Crippen molar-refractivity contribution in [3.05, 3.63) is 52.5 Å². The number of nitrogens with one attached hydrogen (secondary N) is 2. The molecule has 2 aromatic carbocycles. The van der Waals surface area contributed by atoms with Crippen molar-refractivity contribution in [1.29, 1.82) is 0 Å². The summed E-state index contributed by atoms with van der Waals surface area (Å²) in [5.41, 5.74) is 1.45. The predicted molar refractivity (Wildman–Crippen MR) is 113 cm³/mol. The van der Waals surface area contributed by atoms with Crippen molar-refractivity contribution in [1.82, 2.24) is 10.3 Å². The first-order chi connectivity index (χ1) is 13.4. The van der Waals surface area contributed by atoms with E-state index in [1.165, 1.54) is 31.6 Å². The molecule has 1 aromatic heterocycles. The summed E-state index contributed by atoms with van der Waals surface area (Å²) >= 11 is 12.5. The van der Waals surface area contributed by atoms with Crippen molar-refractivity contribution in [2.24, 2.45) is 0 Å². The number of anilines is 1. The number of thiocarbonyl (C=S) groups is 1. The number of nitrogens with zero attached hydrogens (tertiary/aromatic N) is 1. The molecule has 0 aliphatic rings. The molecule has 0 aliphatic heterocycles. The van der Waals surface area contributed by atoms with E-state index in [2.05, 4.69) is 15.6 Å². The minimum Gasteiger partial charge on any atom is -0.495 e. The van der Waals surface area contributed by atoms with Crippen molar-refractivity contribution in [3.63, 3.8) is 0 Å². The van der Waals surface area contributed by atoms with Crippen LogP contribution in [0, 0.1) is 0 Å². The fraction of sp³-hybridized carbons (Fsp3) is 0.111. The number of rotatable bonds is 4. The number of hydrogen-bond acceptors (Lipinski definition) is 7. The highest BCUT2D eigenvalue weighted by Crippen LogP contribution is 2.27. The molecule has 0 radical (unpaired) electrons. The summed E-state index contributed by atoms with van der Waals surface area (Å²) in [6.07, 6.45) is 0. The van der Waals surface area contributed by atoms with Crippen LogP contribution in [0.1, 0.15) is 20.7 Å². The second-order valence-corrected chi connectivity index (χ2v) is 7.30. The SMILES string of the molecule is COC(=O)c1ccc2nc(NC(=S)NC(=O)c3ccc(OC)c(Cl)c3)sc2c1. The molecule has 2 N–H and O–H groups in total. The highest BCUT2D eigenvalue weighted by Gasteiger charge is 2.13. The second kappa shape index (κ2) is 8.51. The molecule has 0 atom stereocenters. The molecule has 0 saturated heterocycles. The topological polar surface area (TPSA) is 89.5 Å². The van der Waals surface area contributed by atoms with Crippen LogP contribution in [0.15, 0.2) is 36.4 Å². The summed E-state index contributed by atoms with van der Waals surface area (Å²) in [5.74, 6) is -0.374. The number of carbonyl (C=O) groups excluding carboxylic acids is 2. The lowest BCUT2D eigenvalue weighted by Gasteiger charge is -2.08. The Hall–Kier alpha value is -2.75. The maximum Gasteiger partial charge on any atom is 0.337 e. The van der Waals surface area contributed by atoms with E-state index in [1.807, 2.05) is 0 Å². The molecule has 0 unspecified atom stereocenters. The van der Waals surface area contributed by atoms with Gasteiger partial charge < -0.3 is 14.8 Å².